The van der Waals surface area contributed by atoms with E-state index in [9.17, 15) is 9.59 Å². The van der Waals surface area contributed by atoms with Crippen LogP contribution in [0.25, 0.3) is 16.8 Å². The van der Waals surface area contributed by atoms with Crippen molar-refractivity contribution in [2.45, 2.75) is 20.1 Å². The second-order valence-corrected chi connectivity index (χ2v) is 11.4. The molecule has 0 spiro atoms. The Morgan fingerprint density at radius 1 is 0.949 bits per heavy atom. The summed E-state index contributed by atoms with van der Waals surface area (Å²) < 4.78 is 12.5. The van der Waals surface area contributed by atoms with Gasteiger partial charge in [-0.1, -0.05) is 71.7 Å². The van der Waals surface area contributed by atoms with Gasteiger partial charge in [-0.25, -0.2) is 0 Å². The molecule has 1 saturated heterocycles. The Morgan fingerprint density at radius 2 is 1.74 bits per heavy atom. The Hall–Kier alpha value is -2.97. The fourth-order valence-corrected chi connectivity index (χ4v) is 6.13. The number of thioether (sulfide) groups is 1. The fourth-order valence-electron chi connectivity index (χ4n) is 4.25. The highest BCUT2D eigenvalue weighted by molar-refractivity contribution is 9.10. The molecule has 5 nitrogen and oxygen atoms in total. The van der Waals surface area contributed by atoms with Gasteiger partial charge in [0.2, 0.25) is 0 Å². The number of halogens is 3. The van der Waals surface area contributed by atoms with Crippen LogP contribution in [0.15, 0.2) is 82.2 Å². The van der Waals surface area contributed by atoms with Crippen LogP contribution in [-0.4, -0.2) is 22.7 Å². The number of amides is 2. The Balaban J connectivity index is 1.38. The number of hydrogen-bond donors (Lipinski definition) is 0. The smallest absolute Gasteiger partial charge is 0.293 e. The van der Waals surface area contributed by atoms with Gasteiger partial charge in [0.1, 0.15) is 6.61 Å². The molecule has 4 aromatic carbocycles. The van der Waals surface area contributed by atoms with E-state index in [4.69, 9.17) is 32.7 Å². The molecule has 1 heterocycles. The molecule has 0 radical (unpaired) electrons. The average Bonchev–Trinajstić information content (AvgIpc) is 3.17. The third kappa shape index (κ3) is 6.12. The zero-order chi connectivity index (χ0) is 27.5. The first-order valence-corrected chi connectivity index (χ1v) is 14.5. The lowest BCUT2D eigenvalue weighted by Gasteiger charge is -2.16. The molecule has 0 N–H and O–H groups in total. The molecule has 5 rings (SSSR count). The van der Waals surface area contributed by atoms with E-state index < -0.39 is 0 Å². The highest BCUT2D eigenvalue weighted by Crippen LogP contribution is 2.40. The van der Waals surface area contributed by atoms with Crippen molar-refractivity contribution in [3.63, 3.8) is 0 Å². The molecule has 9 heteroatoms. The summed E-state index contributed by atoms with van der Waals surface area (Å²) in [5.41, 5.74) is 2.39. The first kappa shape index (κ1) is 27.6. The highest BCUT2D eigenvalue weighted by Gasteiger charge is 2.35. The van der Waals surface area contributed by atoms with Crippen molar-refractivity contribution >= 4 is 78.9 Å². The molecule has 0 unspecified atom stereocenters. The van der Waals surface area contributed by atoms with E-state index >= 15 is 0 Å². The van der Waals surface area contributed by atoms with E-state index in [0.717, 1.165) is 33.7 Å². The maximum atomic E-state index is 13.3. The molecule has 1 aliphatic heterocycles. The number of benzene rings is 4. The molecule has 0 atom stereocenters. The molecular formula is C30H22BrCl2NO4S. The summed E-state index contributed by atoms with van der Waals surface area (Å²) in [5.74, 6) is 0.673. The minimum atomic E-state index is -0.329. The van der Waals surface area contributed by atoms with Gasteiger partial charge in [0.25, 0.3) is 11.1 Å². The van der Waals surface area contributed by atoms with Crippen LogP contribution in [0.4, 0.5) is 4.79 Å². The molecule has 1 aliphatic rings. The Bertz CT molecular complexity index is 1620. The van der Waals surface area contributed by atoms with Crippen LogP contribution in [0.3, 0.4) is 0 Å². The van der Waals surface area contributed by atoms with Crippen LogP contribution in [0.2, 0.25) is 10.0 Å². The lowest BCUT2D eigenvalue weighted by atomic mass is 10.0. The van der Waals surface area contributed by atoms with E-state index in [1.54, 1.807) is 24.3 Å². The van der Waals surface area contributed by atoms with Gasteiger partial charge in [0.05, 0.1) is 22.5 Å². The zero-order valence-corrected chi connectivity index (χ0v) is 24.7. The highest BCUT2D eigenvalue weighted by atomic mass is 79.9. The van der Waals surface area contributed by atoms with Crippen LogP contribution in [-0.2, 0) is 17.9 Å². The normalized spacial score (nSPS) is 14.5. The van der Waals surface area contributed by atoms with Crippen molar-refractivity contribution in [1.29, 1.82) is 0 Å². The lowest BCUT2D eigenvalue weighted by molar-refractivity contribution is -0.123. The number of rotatable bonds is 8. The summed E-state index contributed by atoms with van der Waals surface area (Å²) in [6, 6.07) is 22.6. The Morgan fingerprint density at radius 3 is 2.54 bits per heavy atom. The predicted molar refractivity (Wildman–Crippen MR) is 162 cm³/mol. The van der Waals surface area contributed by atoms with Crippen molar-refractivity contribution in [1.82, 2.24) is 4.90 Å². The first-order chi connectivity index (χ1) is 18.8. The fraction of sp³-hybridized carbons (Fsp3) is 0.133. The van der Waals surface area contributed by atoms with Gasteiger partial charge in [0.15, 0.2) is 11.5 Å². The quantitative estimate of drug-likeness (QED) is 0.179. The molecule has 0 aliphatic carbocycles. The van der Waals surface area contributed by atoms with Gasteiger partial charge in [-0.2, -0.15) is 0 Å². The summed E-state index contributed by atoms with van der Waals surface area (Å²) in [6.07, 6.45) is 1.70. The minimum Gasteiger partial charge on any atom is -0.490 e. The standard InChI is InChI=1S/C30H22BrCl2NO4S/c1-2-37-26-13-18(12-24(31)28(26)38-17-21-10-11-22(32)15-25(21)33)14-27-29(35)34(30(36)39-27)16-20-8-5-7-19-6-3-4-9-23(19)20/h3-15H,2,16-17H2,1H3/b27-14-. The molecule has 198 valence electrons. The molecule has 39 heavy (non-hydrogen) atoms. The largest absolute Gasteiger partial charge is 0.490 e. The van der Waals surface area contributed by atoms with Crippen molar-refractivity contribution in [3.8, 4) is 11.5 Å². The number of fused-ring (bicyclic) bond motifs is 1. The third-order valence-corrected chi connectivity index (χ3v) is 8.18. The van der Waals surface area contributed by atoms with Crippen molar-refractivity contribution in [2.24, 2.45) is 0 Å². The SMILES string of the molecule is CCOc1cc(/C=C2\SC(=O)N(Cc3cccc4ccccc34)C2=O)cc(Br)c1OCc1ccc(Cl)cc1Cl. The molecule has 0 saturated carbocycles. The number of ether oxygens (including phenoxy) is 2. The molecule has 0 bridgehead atoms. The van der Waals surface area contributed by atoms with Crippen LogP contribution in [0.5, 0.6) is 11.5 Å². The zero-order valence-electron chi connectivity index (χ0n) is 20.7. The third-order valence-electron chi connectivity index (χ3n) is 6.10. The van der Waals surface area contributed by atoms with Gasteiger partial charge < -0.3 is 9.47 Å². The van der Waals surface area contributed by atoms with Gasteiger partial charge in [-0.05, 0) is 86.9 Å². The molecule has 1 fully saturated rings. The second kappa shape index (κ2) is 12.0. The number of carbonyl (C=O) groups is 2. The number of carbonyl (C=O) groups excluding carboxylic acids is 2. The summed E-state index contributed by atoms with van der Waals surface area (Å²) in [5, 5.41) is 2.83. The van der Waals surface area contributed by atoms with Gasteiger partial charge in [-0.15, -0.1) is 0 Å². The molecule has 4 aromatic rings. The maximum absolute atomic E-state index is 13.3. The minimum absolute atomic E-state index is 0.206. The topological polar surface area (TPSA) is 55.8 Å². The number of imide groups is 1. The van der Waals surface area contributed by atoms with Gasteiger partial charge in [-0.3, -0.25) is 14.5 Å². The first-order valence-electron chi connectivity index (χ1n) is 12.1. The van der Waals surface area contributed by atoms with E-state index in [0.29, 0.717) is 43.1 Å². The second-order valence-electron chi connectivity index (χ2n) is 8.69. The van der Waals surface area contributed by atoms with E-state index in [1.165, 1.54) is 4.90 Å². The summed E-state index contributed by atoms with van der Waals surface area (Å²) in [6.45, 7) is 2.70. The van der Waals surface area contributed by atoms with E-state index in [2.05, 4.69) is 15.9 Å². The summed E-state index contributed by atoms with van der Waals surface area (Å²) in [7, 11) is 0. The van der Waals surface area contributed by atoms with Crippen LogP contribution in [0.1, 0.15) is 23.6 Å². The molecular weight excluding hydrogens is 621 g/mol. The molecule has 0 aromatic heterocycles. The van der Waals surface area contributed by atoms with Crippen molar-refractivity contribution < 1.29 is 19.1 Å². The van der Waals surface area contributed by atoms with Crippen molar-refractivity contribution in [2.75, 3.05) is 6.61 Å². The Labute approximate surface area is 248 Å². The van der Waals surface area contributed by atoms with Crippen LogP contribution >= 0.6 is 50.9 Å². The van der Waals surface area contributed by atoms with Crippen molar-refractivity contribution in [3.05, 3.63) is 109 Å². The average molecular weight is 643 g/mol. The lowest BCUT2D eigenvalue weighted by Crippen LogP contribution is -2.27. The van der Waals surface area contributed by atoms with E-state index in [-0.39, 0.29) is 24.3 Å². The summed E-state index contributed by atoms with van der Waals surface area (Å²) >= 11 is 16.8. The maximum Gasteiger partial charge on any atom is 0.293 e. The van der Waals surface area contributed by atoms with Crippen LogP contribution < -0.4 is 9.47 Å². The monoisotopic (exact) mass is 641 g/mol. The van der Waals surface area contributed by atoms with E-state index in [1.807, 2.05) is 61.5 Å². The molecule has 2 amide bonds. The Kier molecular flexibility index (Phi) is 8.52. The van der Waals surface area contributed by atoms with Gasteiger partial charge >= 0.3 is 0 Å². The number of hydrogen-bond acceptors (Lipinski definition) is 5. The number of nitrogens with zero attached hydrogens (tertiary/aromatic N) is 1. The predicted octanol–water partition coefficient (Wildman–Crippen LogP) is 9.12. The summed E-state index contributed by atoms with van der Waals surface area (Å²) in [4.78, 5) is 27.7. The van der Waals surface area contributed by atoms with Gasteiger partial charge in [0, 0.05) is 15.6 Å². The van der Waals surface area contributed by atoms with Crippen LogP contribution in [0, 0.1) is 0 Å².